The van der Waals surface area contributed by atoms with E-state index in [0.717, 1.165) is 38.1 Å². The summed E-state index contributed by atoms with van der Waals surface area (Å²) in [6.45, 7) is 10.7. The van der Waals surface area contributed by atoms with E-state index in [1.807, 2.05) is 6.20 Å². The second kappa shape index (κ2) is 6.78. The maximum Gasteiger partial charge on any atom is 0.159 e. The number of hydrogen-bond donors (Lipinski definition) is 1. The third kappa shape index (κ3) is 4.69. The monoisotopic (exact) mass is 253 g/mol. The Bertz CT molecular complexity index is 352. The van der Waals surface area contributed by atoms with Crippen LogP contribution in [0.25, 0.3) is 0 Å². The molecular weight excluding hydrogens is 226 g/mol. The lowest BCUT2D eigenvalue weighted by atomic mass is 10.1. The fraction of sp³-hybridized carbons (Fsp3) is 0.786. The van der Waals surface area contributed by atoms with E-state index >= 15 is 0 Å². The minimum atomic E-state index is 0.188. The van der Waals surface area contributed by atoms with Crippen molar-refractivity contribution in [1.82, 2.24) is 15.1 Å². The molecule has 104 valence electrons. The first-order valence-corrected chi connectivity index (χ1v) is 6.81. The second-order valence-corrected chi connectivity index (χ2v) is 5.66. The van der Waals surface area contributed by atoms with Crippen LogP contribution in [0.5, 0.6) is 5.75 Å². The molecule has 4 nitrogen and oxygen atoms in total. The van der Waals surface area contributed by atoms with Crippen LogP contribution < -0.4 is 10.1 Å². The Kier molecular flexibility index (Phi) is 5.66. The van der Waals surface area contributed by atoms with Gasteiger partial charge in [0.05, 0.1) is 19.0 Å². The largest absolute Gasteiger partial charge is 0.493 e. The number of nitrogens with zero attached hydrogens (tertiary/aromatic N) is 2. The van der Waals surface area contributed by atoms with Gasteiger partial charge in [0, 0.05) is 12.1 Å². The maximum atomic E-state index is 5.37. The molecule has 1 aromatic rings. The van der Waals surface area contributed by atoms with Gasteiger partial charge in [-0.25, -0.2) is 0 Å². The highest BCUT2D eigenvalue weighted by molar-refractivity contribution is 5.25. The average Bonchev–Trinajstić information content (AvgIpc) is 2.66. The van der Waals surface area contributed by atoms with Crippen LogP contribution in [-0.2, 0) is 13.0 Å². The predicted molar refractivity (Wildman–Crippen MR) is 75.1 cm³/mol. The van der Waals surface area contributed by atoms with Gasteiger partial charge in [0.2, 0.25) is 0 Å². The highest BCUT2D eigenvalue weighted by Crippen LogP contribution is 2.19. The summed E-state index contributed by atoms with van der Waals surface area (Å²) in [5.41, 5.74) is 1.41. The van der Waals surface area contributed by atoms with Crippen LogP contribution in [0.2, 0.25) is 0 Å². The molecule has 0 unspecified atom stereocenters. The zero-order chi connectivity index (χ0) is 13.6. The van der Waals surface area contributed by atoms with E-state index in [9.17, 15) is 0 Å². The molecule has 0 atom stereocenters. The first-order chi connectivity index (χ1) is 8.48. The van der Waals surface area contributed by atoms with Gasteiger partial charge in [-0.05, 0) is 46.6 Å². The standard InChI is InChI=1S/C14H27N3O/c1-6-10-17-12(13(18-5)11-16-17)8-7-9-15-14(2,3)4/h11,15H,6-10H2,1-5H3. The summed E-state index contributed by atoms with van der Waals surface area (Å²) < 4.78 is 7.43. The summed E-state index contributed by atoms with van der Waals surface area (Å²) in [5, 5.41) is 7.88. The van der Waals surface area contributed by atoms with Crippen LogP contribution >= 0.6 is 0 Å². The summed E-state index contributed by atoms with van der Waals surface area (Å²) in [6, 6.07) is 0. The van der Waals surface area contributed by atoms with Gasteiger partial charge >= 0.3 is 0 Å². The van der Waals surface area contributed by atoms with Crippen molar-refractivity contribution < 1.29 is 4.74 Å². The Morgan fingerprint density at radius 1 is 1.39 bits per heavy atom. The van der Waals surface area contributed by atoms with Crippen molar-refractivity contribution >= 4 is 0 Å². The van der Waals surface area contributed by atoms with E-state index in [4.69, 9.17) is 4.74 Å². The molecular formula is C14H27N3O. The number of nitrogens with one attached hydrogen (secondary N) is 1. The topological polar surface area (TPSA) is 39.1 Å². The van der Waals surface area contributed by atoms with E-state index in [1.54, 1.807) is 7.11 Å². The maximum absolute atomic E-state index is 5.37. The Labute approximate surface area is 111 Å². The molecule has 0 saturated heterocycles. The Balaban J connectivity index is 2.51. The van der Waals surface area contributed by atoms with Gasteiger partial charge < -0.3 is 10.1 Å². The molecule has 0 aliphatic rings. The van der Waals surface area contributed by atoms with Crippen LogP contribution in [0.15, 0.2) is 6.20 Å². The minimum absolute atomic E-state index is 0.188. The quantitative estimate of drug-likeness (QED) is 0.759. The molecule has 0 bridgehead atoms. The number of ether oxygens (including phenoxy) is 1. The first kappa shape index (κ1) is 15.0. The Hall–Kier alpha value is -1.03. The molecule has 0 spiro atoms. The predicted octanol–water partition coefficient (Wildman–Crippen LogP) is 2.62. The molecule has 0 fully saturated rings. The molecule has 0 radical (unpaired) electrons. The first-order valence-electron chi connectivity index (χ1n) is 6.81. The van der Waals surface area contributed by atoms with E-state index in [0.29, 0.717) is 0 Å². The lowest BCUT2D eigenvalue weighted by Crippen LogP contribution is -2.36. The van der Waals surface area contributed by atoms with Gasteiger partial charge in [0.15, 0.2) is 5.75 Å². The summed E-state index contributed by atoms with van der Waals surface area (Å²) in [7, 11) is 1.71. The fourth-order valence-corrected chi connectivity index (χ4v) is 1.94. The molecule has 0 aliphatic carbocycles. The molecule has 1 rings (SSSR count). The zero-order valence-electron chi connectivity index (χ0n) is 12.4. The van der Waals surface area contributed by atoms with Crippen LogP contribution in [0, 0.1) is 0 Å². The van der Waals surface area contributed by atoms with Gasteiger partial charge in [0.1, 0.15) is 0 Å². The lowest BCUT2D eigenvalue weighted by molar-refractivity contribution is 0.400. The number of rotatable bonds is 7. The third-order valence-corrected chi connectivity index (χ3v) is 2.81. The van der Waals surface area contributed by atoms with Crippen LogP contribution in [0.3, 0.4) is 0 Å². The Morgan fingerprint density at radius 3 is 2.67 bits per heavy atom. The smallest absolute Gasteiger partial charge is 0.159 e. The molecule has 1 heterocycles. The fourth-order valence-electron chi connectivity index (χ4n) is 1.94. The van der Waals surface area contributed by atoms with E-state index in [2.05, 4.69) is 42.8 Å². The minimum Gasteiger partial charge on any atom is -0.493 e. The third-order valence-electron chi connectivity index (χ3n) is 2.81. The molecule has 18 heavy (non-hydrogen) atoms. The summed E-state index contributed by atoms with van der Waals surface area (Å²) in [5.74, 6) is 0.916. The highest BCUT2D eigenvalue weighted by Gasteiger charge is 2.12. The molecule has 0 saturated carbocycles. The molecule has 0 amide bonds. The number of aryl methyl sites for hydroxylation is 1. The normalized spacial score (nSPS) is 11.8. The van der Waals surface area contributed by atoms with Crippen molar-refractivity contribution in [2.45, 2.75) is 59.0 Å². The zero-order valence-corrected chi connectivity index (χ0v) is 12.4. The van der Waals surface area contributed by atoms with Gasteiger partial charge in [-0.2, -0.15) is 5.10 Å². The van der Waals surface area contributed by atoms with Crippen molar-refractivity contribution in [3.63, 3.8) is 0 Å². The molecule has 0 aromatic carbocycles. The van der Waals surface area contributed by atoms with Crippen molar-refractivity contribution in [2.75, 3.05) is 13.7 Å². The molecule has 4 heteroatoms. The van der Waals surface area contributed by atoms with Gasteiger partial charge in [-0.3, -0.25) is 4.68 Å². The van der Waals surface area contributed by atoms with Crippen LogP contribution in [-0.4, -0.2) is 29.0 Å². The van der Waals surface area contributed by atoms with Crippen molar-refractivity contribution in [2.24, 2.45) is 0 Å². The van der Waals surface area contributed by atoms with Crippen molar-refractivity contribution in [1.29, 1.82) is 0 Å². The second-order valence-electron chi connectivity index (χ2n) is 5.66. The van der Waals surface area contributed by atoms with Crippen molar-refractivity contribution in [3.8, 4) is 5.75 Å². The Morgan fingerprint density at radius 2 is 2.11 bits per heavy atom. The van der Waals surface area contributed by atoms with E-state index in [1.165, 1.54) is 5.69 Å². The lowest BCUT2D eigenvalue weighted by Gasteiger charge is -2.20. The van der Waals surface area contributed by atoms with E-state index in [-0.39, 0.29) is 5.54 Å². The molecule has 1 aromatic heterocycles. The van der Waals surface area contributed by atoms with E-state index < -0.39 is 0 Å². The van der Waals surface area contributed by atoms with Gasteiger partial charge in [-0.15, -0.1) is 0 Å². The summed E-state index contributed by atoms with van der Waals surface area (Å²) in [6.07, 6.45) is 5.02. The van der Waals surface area contributed by atoms with Crippen LogP contribution in [0.1, 0.15) is 46.2 Å². The average molecular weight is 253 g/mol. The number of hydrogen-bond acceptors (Lipinski definition) is 3. The SMILES string of the molecule is CCCn1ncc(OC)c1CCCNC(C)(C)C. The highest BCUT2D eigenvalue weighted by atomic mass is 16.5. The van der Waals surface area contributed by atoms with Crippen molar-refractivity contribution in [3.05, 3.63) is 11.9 Å². The van der Waals surface area contributed by atoms with Gasteiger partial charge in [-0.1, -0.05) is 6.92 Å². The molecule has 0 aliphatic heterocycles. The van der Waals surface area contributed by atoms with Crippen LogP contribution in [0.4, 0.5) is 0 Å². The van der Waals surface area contributed by atoms with Gasteiger partial charge in [0.25, 0.3) is 0 Å². The number of aromatic nitrogens is 2. The summed E-state index contributed by atoms with van der Waals surface area (Å²) in [4.78, 5) is 0. The number of methoxy groups -OCH3 is 1. The molecule has 1 N–H and O–H groups in total. The summed E-state index contributed by atoms with van der Waals surface area (Å²) >= 11 is 0.